The van der Waals surface area contributed by atoms with E-state index in [-0.39, 0.29) is 60.9 Å². The van der Waals surface area contributed by atoms with Crippen LogP contribution >= 0.6 is 0 Å². The minimum Gasteiger partial charge on any atom is -0.478 e. The number of benzene rings is 1. The number of carboxylic acids is 2. The van der Waals surface area contributed by atoms with Gasteiger partial charge in [-0.3, -0.25) is 4.55 Å². The Kier molecular flexibility index (Phi) is 9.21. The molecule has 1 fully saturated rings. The van der Waals surface area contributed by atoms with E-state index in [4.69, 9.17) is 9.29 Å². The van der Waals surface area contributed by atoms with E-state index >= 15 is 0 Å². The van der Waals surface area contributed by atoms with Gasteiger partial charge in [0.1, 0.15) is 0 Å². The topological polar surface area (TPSA) is 211 Å². The highest BCUT2D eigenvalue weighted by Crippen LogP contribution is 2.22. The normalized spacial score (nSPS) is 14.4. The molecule has 0 saturated carbocycles. The molecule has 0 spiro atoms. The van der Waals surface area contributed by atoms with Crippen molar-refractivity contribution in [2.45, 2.75) is 0 Å². The molecule has 16 heteroatoms. The summed E-state index contributed by atoms with van der Waals surface area (Å²) in [6, 6.07) is 3.53. The fourth-order valence-corrected chi connectivity index (χ4v) is 3.50. The maximum atomic E-state index is 11.4. The molecule has 0 bridgehead atoms. The van der Waals surface area contributed by atoms with Gasteiger partial charge in [-0.1, -0.05) is 0 Å². The molecule has 1 aliphatic heterocycles. The van der Waals surface area contributed by atoms with Gasteiger partial charge in [0.05, 0.1) is 30.9 Å². The number of aromatic carboxylic acids is 2. The fraction of sp³-hybridized carbons (Fsp3) is 0.421. The van der Waals surface area contributed by atoms with Crippen LogP contribution in [-0.4, -0.2) is 104 Å². The number of nitrogens with zero attached hydrogens (tertiary/aromatic N) is 5. The number of hydrogen-bond acceptors (Lipinski definition) is 11. The molecule has 1 aromatic heterocycles. The Morgan fingerprint density at radius 3 is 2.29 bits per heavy atom. The third kappa shape index (κ3) is 7.52. The van der Waals surface area contributed by atoms with E-state index < -0.39 is 23.2 Å². The van der Waals surface area contributed by atoms with Crippen molar-refractivity contribution in [2.75, 3.05) is 67.7 Å². The average molecular weight is 512 g/mol. The lowest BCUT2D eigenvalue weighted by atomic mass is 10.1. The molecule has 190 valence electrons. The highest BCUT2D eigenvalue weighted by molar-refractivity contribution is 7.77. The van der Waals surface area contributed by atoms with Crippen LogP contribution in [0.5, 0.6) is 0 Å². The van der Waals surface area contributed by atoms with Gasteiger partial charge < -0.3 is 35.2 Å². The van der Waals surface area contributed by atoms with Gasteiger partial charge in [0.25, 0.3) is 0 Å². The van der Waals surface area contributed by atoms with Gasteiger partial charge in [-0.05, 0) is 18.2 Å². The van der Waals surface area contributed by atoms with E-state index in [0.717, 1.165) is 6.07 Å². The largest absolute Gasteiger partial charge is 0.478 e. The highest BCUT2D eigenvalue weighted by Gasteiger charge is 2.20. The molecular weight excluding hydrogens is 486 g/mol. The Labute approximate surface area is 202 Å². The Bertz CT molecular complexity index is 1050. The molecule has 2 aromatic rings. The van der Waals surface area contributed by atoms with Crippen LogP contribution in [0.2, 0.25) is 0 Å². The molecule has 6 N–H and O–H groups in total. The van der Waals surface area contributed by atoms with Gasteiger partial charge in [-0.25, -0.2) is 18.5 Å². The van der Waals surface area contributed by atoms with Crippen LogP contribution in [0.1, 0.15) is 20.7 Å². The first-order chi connectivity index (χ1) is 16.8. The van der Waals surface area contributed by atoms with E-state index in [2.05, 4.69) is 25.0 Å². The Morgan fingerprint density at radius 2 is 1.71 bits per heavy atom. The zero-order chi connectivity index (χ0) is 25.4. The fourth-order valence-electron chi connectivity index (χ4n) is 3.23. The summed E-state index contributed by atoms with van der Waals surface area (Å²) in [7, 11) is 0. The first-order valence-electron chi connectivity index (χ1n) is 10.4. The molecule has 1 aliphatic rings. The zero-order valence-electron chi connectivity index (χ0n) is 18.5. The number of rotatable bonds is 12. The molecule has 0 radical (unpaired) electrons. The molecule has 0 aliphatic carbocycles. The predicted molar refractivity (Wildman–Crippen MR) is 125 cm³/mol. The molecule has 2 heterocycles. The Morgan fingerprint density at radius 1 is 1.06 bits per heavy atom. The monoisotopic (exact) mass is 511 g/mol. The first-order valence-corrected chi connectivity index (χ1v) is 11.5. The summed E-state index contributed by atoms with van der Waals surface area (Å²) in [5, 5.41) is 31.0. The minimum atomic E-state index is -2.22. The van der Waals surface area contributed by atoms with Crippen LogP contribution in [0.15, 0.2) is 18.2 Å². The molecule has 35 heavy (non-hydrogen) atoms. The predicted octanol–water partition coefficient (Wildman–Crippen LogP) is -0.627. The number of morpholine rings is 1. The first kappa shape index (κ1) is 26.2. The molecule has 1 saturated heterocycles. The maximum absolute atomic E-state index is 11.4. The molecule has 0 amide bonds. The number of carboxylic acid groups (broad SMARTS) is 2. The van der Waals surface area contributed by atoms with Gasteiger partial charge in [-0.15, -0.1) is 0 Å². The van der Waals surface area contributed by atoms with Gasteiger partial charge in [0, 0.05) is 38.4 Å². The van der Waals surface area contributed by atoms with Crippen LogP contribution in [0.25, 0.3) is 0 Å². The van der Waals surface area contributed by atoms with Crippen molar-refractivity contribution in [2.24, 2.45) is 0 Å². The van der Waals surface area contributed by atoms with Crippen LogP contribution < -0.4 is 19.8 Å². The van der Waals surface area contributed by atoms with E-state index in [0.29, 0.717) is 26.3 Å². The summed E-state index contributed by atoms with van der Waals surface area (Å²) >= 11 is -2.22. The molecule has 15 nitrogen and oxygen atoms in total. The lowest BCUT2D eigenvalue weighted by Crippen LogP contribution is -2.39. The Balaban J connectivity index is 1.99. The number of nitrogens with one attached hydrogen (secondary N) is 2. The van der Waals surface area contributed by atoms with E-state index in [1.54, 1.807) is 4.90 Å². The molecule has 1 unspecified atom stereocenters. The SMILES string of the molecule is O=C(O)c1cc(Nc2nc(N(CCO)CCNS(=O)O)nc(N3CCOCC3)n2)cc(C(=O)O)c1. The zero-order valence-corrected chi connectivity index (χ0v) is 19.3. The van der Waals surface area contributed by atoms with Crippen molar-refractivity contribution in [3.63, 3.8) is 0 Å². The lowest BCUT2D eigenvalue weighted by molar-refractivity contribution is 0.0696. The number of aliphatic hydroxyl groups excluding tert-OH is 1. The summed E-state index contributed by atoms with van der Waals surface area (Å²) in [5.74, 6) is -2.16. The number of ether oxygens (including phenoxy) is 1. The van der Waals surface area contributed by atoms with Gasteiger partial charge in [0.15, 0.2) is 0 Å². The van der Waals surface area contributed by atoms with Crippen molar-refractivity contribution in [3.8, 4) is 0 Å². The summed E-state index contributed by atoms with van der Waals surface area (Å²) in [6.45, 7) is 2.06. The number of carbonyl (C=O) groups is 2. The van der Waals surface area contributed by atoms with Crippen LogP contribution in [0, 0.1) is 0 Å². The third-order valence-electron chi connectivity index (χ3n) is 4.85. The van der Waals surface area contributed by atoms with Crippen molar-refractivity contribution >= 4 is 46.7 Å². The van der Waals surface area contributed by atoms with Gasteiger partial charge in [0.2, 0.25) is 29.1 Å². The van der Waals surface area contributed by atoms with Crippen molar-refractivity contribution < 1.29 is 38.4 Å². The quantitative estimate of drug-likeness (QED) is 0.196. The van der Waals surface area contributed by atoms with Crippen molar-refractivity contribution in [3.05, 3.63) is 29.3 Å². The van der Waals surface area contributed by atoms with Gasteiger partial charge in [-0.2, -0.15) is 15.0 Å². The average Bonchev–Trinajstić information content (AvgIpc) is 2.83. The van der Waals surface area contributed by atoms with Gasteiger partial charge >= 0.3 is 11.9 Å². The summed E-state index contributed by atoms with van der Waals surface area (Å²) < 4.78 is 27.6. The maximum Gasteiger partial charge on any atom is 0.335 e. The second-order valence-electron chi connectivity index (χ2n) is 7.25. The van der Waals surface area contributed by atoms with E-state index in [1.807, 2.05) is 4.90 Å². The second-order valence-corrected chi connectivity index (χ2v) is 8.03. The summed E-state index contributed by atoms with van der Waals surface area (Å²) in [4.78, 5) is 39.6. The number of aromatic nitrogens is 3. The lowest BCUT2D eigenvalue weighted by Gasteiger charge is -2.28. The number of hydrogen-bond donors (Lipinski definition) is 6. The standard InChI is InChI=1S/C19H25N7O8S/c27-6-3-25(2-1-20-35(32)33)18-22-17(23-19(24-18)26-4-7-34-8-5-26)21-14-10-12(15(28)29)9-13(11-14)16(30)31/h9-11,20,27H,1-8H2,(H,28,29)(H,30,31)(H,32,33)(H,21,22,23,24). The Hall–Kier alpha value is -3.44. The summed E-state index contributed by atoms with van der Waals surface area (Å²) in [6.07, 6.45) is 0. The molecular formula is C19H25N7O8S. The van der Waals surface area contributed by atoms with Crippen LogP contribution in [-0.2, 0) is 16.0 Å². The molecule has 1 aromatic carbocycles. The smallest absolute Gasteiger partial charge is 0.335 e. The third-order valence-corrected chi connectivity index (χ3v) is 5.30. The van der Waals surface area contributed by atoms with Crippen LogP contribution in [0.4, 0.5) is 23.5 Å². The number of anilines is 4. The van der Waals surface area contributed by atoms with E-state index in [1.165, 1.54) is 12.1 Å². The number of aliphatic hydroxyl groups is 1. The highest BCUT2D eigenvalue weighted by atomic mass is 32.2. The summed E-state index contributed by atoms with van der Waals surface area (Å²) in [5.41, 5.74) is -0.335. The minimum absolute atomic E-state index is 0.0111. The second kappa shape index (κ2) is 12.3. The van der Waals surface area contributed by atoms with Crippen molar-refractivity contribution in [1.82, 2.24) is 19.7 Å². The molecule has 1 atom stereocenters. The van der Waals surface area contributed by atoms with E-state index in [9.17, 15) is 29.1 Å². The van der Waals surface area contributed by atoms with Crippen LogP contribution in [0.3, 0.4) is 0 Å². The van der Waals surface area contributed by atoms with Crippen molar-refractivity contribution in [1.29, 1.82) is 0 Å². The molecule has 3 rings (SSSR count).